The van der Waals surface area contributed by atoms with Crippen LogP contribution in [0.25, 0.3) is 6.08 Å². The third kappa shape index (κ3) is 9.03. The number of cyclic esters (lactones) is 1. The van der Waals surface area contributed by atoms with E-state index in [9.17, 15) is 9.59 Å². The van der Waals surface area contributed by atoms with Gasteiger partial charge in [-0.15, -0.1) is 0 Å². The van der Waals surface area contributed by atoms with Crippen molar-refractivity contribution in [2.45, 2.75) is 90.8 Å². The molecular weight excluding hydrogens is 424 g/mol. The Morgan fingerprint density at radius 2 is 1.58 bits per heavy atom. The van der Waals surface area contributed by atoms with Crippen molar-refractivity contribution >= 4 is 34.5 Å². The molecule has 31 heavy (non-hydrogen) atoms. The molecule has 1 aliphatic heterocycles. The van der Waals surface area contributed by atoms with Crippen LogP contribution in [-0.2, 0) is 9.53 Å². The van der Waals surface area contributed by atoms with Crippen LogP contribution in [0.4, 0.5) is 0 Å². The van der Waals surface area contributed by atoms with E-state index in [1.807, 2.05) is 31.2 Å². The van der Waals surface area contributed by atoms with Gasteiger partial charge in [-0.25, -0.2) is 4.79 Å². The second-order valence-corrected chi connectivity index (χ2v) is 19.1. The first-order valence-electron chi connectivity index (χ1n) is 11.3. The van der Waals surface area contributed by atoms with Gasteiger partial charge in [0.2, 0.25) is 16.6 Å². The summed E-state index contributed by atoms with van der Waals surface area (Å²) in [7, 11) is -3.84. The van der Waals surface area contributed by atoms with Gasteiger partial charge in [-0.05, 0) is 83.5 Å². The van der Waals surface area contributed by atoms with Crippen LogP contribution in [0.5, 0.6) is 11.5 Å². The minimum absolute atomic E-state index is 0.266. The number of Topliss-reactive ketones (excluding diaryl/α,β-unsaturated/α-hetero) is 1. The Kier molecular flexibility index (Phi) is 8.71. The van der Waals surface area contributed by atoms with Gasteiger partial charge in [0.25, 0.3) is 0 Å². The summed E-state index contributed by atoms with van der Waals surface area (Å²) in [6.45, 7) is 14.5. The average molecular weight is 463 g/mol. The van der Waals surface area contributed by atoms with Crippen molar-refractivity contribution in [2.24, 2.45) is 0 Å². The average Bonchev–Trinajstić information content (AvgIpc) is 2.57. The SMILES string of the molecule is C[C@H]1CCCC(=O)CCC/C=C\c2cc(O[Si](C)(C)C)cc(O[Si](C)(C)C)c2C(=O)O1. The second-order valence-electron chi connectivity index (χ2n) is 10.3. The van der Waals surface area contributed by atoms with E-state index in [2.05, 4.69) is 39.3 Å². The zero-order chi connectivity index (χ0) is 23.2. The number of carbonyl (C=O) groups is 2. The third-order valence-corrected chi connectivity index (χ3v) is 6.33. The van der Waals surface area contributed by atoms with E-state index >= 15 is 0 Å². The number of benzene rings is 1. The van der Waals surface area contributed by atoms with E-state index in [4.69, 9.17) is 13.6 Å². The summed E-state index contributed by atoms with van der Waals surface area (Å²) in [6.07, 6.45) is 7.82. The van der Waals surface area contributed by atoms with Gasteiger partial charge in [-0.1, -0.05) is 12.2 Å². The summed E-state index contributed by atoms with van der Waals surface area (Å²) < 4.78 is 18.4. The molecule has 1 heterocycles. The summed E-state index contributed by atoms with van der Waals surface area (Å²) in [5.41, 5.74) is 1.20. The molecule has 1 aromatic carbocycles. The zero-order valence-corrected chi connectivity index (χ0v) is 22.2. The molecule has 0 spiro atoms. The maximum atomic E-state index is 13.2. The number of esters is 1. The molecule has 0 fully saturated rings. The Bertz CT molecular complexity index is 818. The van der Waals surface area contributed by atoms with E-state index in [1.165, 1.54) is 0 Å². The van der Waals surface area contributed by atoms with Crippen molar-refractivity contribution in [2.75, 3.05) is 0 Å². The number of ketones is 1. The third-order valence-electron chi connectivity index (χ3n) is 4.65. The number of hydrogen-bond acceptors (Lipinski definition) is 5. The minimum Gasteiger partial charge on any atom is -0.544 e. The number of hydrogen-bond donors (Lipinski definition) is 0. The summed E-state index contributed by atoms with van der Waals surface area (Å²) in [5.74, 6) is 1.14. The smallest absolute Gasteiger partial charge is 0.342 e. The lowest BCUT2D eigenvalue weighted by Crippen LogP contribution is -2.31. The van der Waals surface area contributed by atoms with Gasteiger partial charge in [-0.3, -0.25) is 4.79 Å². The monoisotopic (exact) mass is 462 g/mol. The van der Waals surface area contributed by atoms with E-state index < -0.39 is 16.6 Å². The molecule has 0 radical (unpaired) electrons. The fourth-order valence-corrected chi connectivity index (χ4v) is 5.07. The molecule has 1 atom stereocenters. The molecule has 1 aliphatic rings. The fourth-order valence-electron chi connectivity index (χ4n) is 3.42. The highest BCUT2D eigenvalue weighted by molar-refractivity contribution is 6.71. The quantitative estimate of drug-likeness (QED) is 0.373. The van der Waals surface area contributed by atoms with Gasteiger partial charge < -0.3 is 13.6 Å². The molecule has 1 aromatic rings. The summed E-state index contributed by atoms with van der Waals surface area (Å²) in [5, 5.41) is 0. The van der Waals surface area contributed by atoms with Crippen LogP contribution < -0.4 is 8.85 Å². The molecule has 5 nitrogen and oxygen atoms in total. The van der Waals surface area contributed by atoms with Crippen molar-refractivity contribution in [1.29, 1.82) is 0 Å². The minimum atomic E-state index is -1.99. The predicted octanol–water partition coefficient (Wildman–Crippen LogP) is 6.60. The Balaban J connectivity index is 2.55. The molecule has 0 aliphatic carbocycles. The molecule has 172 valence electrons. The molecule has 0 bridgehead atoms. The lowest BCUT2D eigenvalue weighted by molar-refractivity contribution is -0.119. The maximum Gasteiger partial charge on any atom is 0.342 e. The van der Waals surface area contributed by atoms with Crippen molar-refractivity contribution in [3.63, 3.8) is 0 Å². The van der Waals surface area contributed by atoms with E-state index in [-0.39, 0.29) is 17.9 Å². The van der Waals surface area contributed by atoms with Crippen molar-refractivity contribution in [3.05, 3.63) is 29.3 Å². The van der Waals surface area contributed by atoms with Gasteiger partial charge in [0, 0.05) is 18.9 Å². The van der Waals surface area contributed by atoms with Gasteiger partial charge in [-0.2, -0.15) is 0 Å². The lowest BCUT2D eigenvalue weighted by atomic mass is 10.0. The van der Waals surface area contributed by atoms with Gasteiger partial charge in [0.15, 0.2) is 0 Å². The number of carbonyl (C=O) groups excluding carboxylic acids is 2. The molecule has 7 heteroatoms. The molecule has 0 amide bonds. The Hall–Kier alpha value is -1.87. The van der Waals surface area contributed by atoms with Crippen LogP contribution in [0, 0.1) is 0 Å². The predicted molar refractivity (Wildman–Crippen MR) is 131 cm³/mol. The topological polar surface area (TPSA) is 61.8 Å². The van der Waals surface area contributed by atoms with Crippen LogP contribution in [0.2, 0.25) is 39.3 Å². The molecule has 0 unspecified atom stereocenters. The summed E-state index contributed by atoms with van der Waals surface area (Å²) in [6, 6.07) is 3.75. The van der Waals surface area contributed by atoms with Crippen molar-refractivity contribution in [1.82, 2.24) is 0 Å². The highest BCUT2D eigenvalue weighted by Gasteiger charge is 2.27. The van der Waals surface area contributed by atoms with E-state index in [1.54, 1.807) is 0 Å². The molecule has 0 N–H and O–H groups in total. The second kappa shape index (κ2) is 10.6. The normalized spacial score (nSPS) is 20.3. The Labute approximate surface area is 189 Å². The number of rotatable bonds is 4. The molecular formula is C24H38O5Si2. The first kappa shape index (κ1) is 25.4. The summed E-state index contributed by atoms with van der Waals surface area (Å²) >= 11 is 0. The van der Waals surface area contributed by atoms with Crippen molar-refractivity contribution < 1.29 is 23.2 Å². The summed E-state index contributed by atoms with van der Waals surface area (Å²) in [4.78, 5) is 25.3. The Morgan fingerprint density at radius 1 is 0.935 bits per heavy atom. The van der Waals surface area contributed by atoms with Gasteiger partial charge in [0.1, 0.15) is 22.8 Å². The van der Waals surface area contributed by atoms with Crippen LogP contribution in [0.15, 0.2) is 18.2 Å². The first-order chi connectivity index (χ1) is 14.3. The van der Waals surface area contributed by atoms with Gasteiger partial charge in [0.05, 0.1) is 6.10 Å². The number of allylic oxidation sites excluding steroid dienone is 1. The van der Waals surface area contributed by atoms with Crippen molar-refractivity contribution in [3.8, 4) is 11.5 Å². The molecule has 2 rings (SSSR count). The zero-order valence-electron chi connectivity index (χ0n) is 20.2. The van der Waals surface area contributed by atoms with E-state index in [0.717, 1.165) is 24.8 Å². The van der Waals surface area contributed by atoms with Crippen LogP contribution in [0.1, 0.15) is 61.4 Å². The lowest BCUT2D eigenvalue weighted by Gasteiger charge is -2.26. The first-order valence-corrected chi connectivity index (χ1v) is 18.1. The molecule has 0 aromatic heterocycles. The molecule has 0 saturated heterocycles. The maximum absolute atomic E-state index is 13.2. The number of fused-ring (bicyclic) bond motifs is 1. The van der Waals surface area contributed by atoms with Crippen LogP contribution >= 0.6 is 0 Å². The highest BCUT2D eigenvalue weighted by Crippen LogP contribution is 2.34. The fraction of sp³-hybridized carbons (Fsp3) is 0.583. The Morgan fingerprint density at radius 3 is 2.23 bits per heavy atom. The van der Waals surface area contributed by atoms with Crippen LogP contribution in [0.3, 0.4) is 0 Å². The van der Waals surface area contributed by atoms with E-state index in [0.29, 0.717) is 36.3 Å². The largest absolute Gasteiger partial charge is 0.544 e. The number of ether oxygens (including phenoxy) is 1. The van der Waals surface area contributed by atoms with Gasteiger partial charge >= 0.3 is 5.97 Å². The van der Waals surface area contributed by atoms with Crippen LogP contribution in [-0.4, -0.2) is 34.5 Å². The molecule has 0 saturated carbocycles. The highest BCUT2D eigenvalue weighted by atomic mass is 28.4. The standard InChI is InChI=1S/C24H38O5Si2/c1-18-12-11-15-20(25)14-10-8-9-13-19-16-21(28-30(2,3)4)17-22(29-31(5,6)7)23(19)24(26)27-18/h9,13,16-18H,8,10-12,14-15H2,1-7H3/b13-9-/t18-/m0/s1.